The molecular formula is C12H20O3. The number of aliphatic hydroxyl groups excluding tert-OH is 1. The molecule has 3 nitrogen and oxygen atoms in total. The van der Waals surface area contributed by atoms with Gasteiger partial charge in [-0.3, -0.25) is 4.79 Å². The van der Waals surface area contributed by atoms with Gasteiger partial charge in [-0.1, -0.05) is 17.6 Å². The fraction of sp³-hybridized carbons (Fsp3) is 0.750. The van der Waals surface area contributed by atoms with E-state index in [0.717, 1.165) is 25.7 Å². The molecular weight excluding hydrogens is 192 g/mol. The van der Waals surface area contributed by atoms with Crippen molar-refractivity contribution < 1.29 is 14.6 Å². The summed E-state index contributed by atoms with van der Waals surface area (Å²) in [6, 6.07) is 0. The maximum atomic E-state index is 11.4. The van der Waals surface area contributed by atoms with E-state index in [2.05, 4.69) is 0 Å². The summed E-state index contributed by atoms with van der Waals surface area (Å²) in [5, 5.41) is 8.62. The molecule has 1 aliphatic carbocycles. The summed E-state index contributed by atoms with van der Waals surface area (Å²) in [7, 11) is 0. The summed E-state index contributed by atoms with van der Waals surface area (Å²) in [6.45, 7) is 4.55. The van der Waals surface area contributed by atoms with Gasteiger partial charge in [0.15, 0.2) is 0 Å². The Balaban J connectivity index is 2.18. The van der Waals surface area contributed by atoms with Crippen LogP contribution in [0.25, 0.3) is 0 Å². The van der Waals surface area contributed by atoms with Crippen LogP contribution in [0.3, 0.4) is 0 Å². The van der Waals surface area contributed by atoms with E-state index >= 15 is 0 Å². The van der Waals surface area contributed by atoms with Gasteiger partial charge in [0.1, 0.15) is 0 Å². The second kappa shape index (κ2) is 5.91. The highest BCUT2D eigenvalue weighted by Gasteiger charge is 2.39. The van der Waals surface area contributed by atoms with E-state index in [9.17, 15) is 4.79 Å². The number of carbonyl (C=O) groups excluding carboxylic acids is 1. The first kappa shape index (κ1) is 12.2. The van der Waals surface area contributed by atoms with Crippen molar-refractivity contribution in [1.29, 1.82) is 0 Å². The van der Waals surface area contributed by atoms with Crippen LogP contribution in [0.5, 0.6) is 0 Å². The maximum Gasteiger partial charge on any atom is 0.317 e. The summed E-state index contributed by atoms with van der Waals surface area (Å²) in [5.74, 6) is -0.105. The number of unbranched alkanes of at least 4 members (excludes halogenated alkanes) is 2. The lowest BCUT2D eigenvalue weighted by Gasteiger charge is -2.01. The van der Waals surface area contributed by atoms with Crippen LogP contribution in [-0.4, -0.2) is 24.3 Å². The molecule has 3 heteroatoms. The summed E-state index contributed by atoms with van der Waals surface area (Å²) in [4.78, 5) is 11.4. The summed E-state index contributed by atoms with van der Waals surface area (Å²) < 4.78 is 4.97. The zero-order valence-electron chi connectivity index (χ0n) is 9.58. The van der Waals surface area contributed by atoms with Crippen LogP contribution in [0.2, 0.25) is 0 Å². The largest absolute Gasteiger partial charge is 0.465 e. The Morgan fingerprint density at radius 2 is 2.13 bits per heavy atom. The lowest BCUT2D eigenvalue weighted by atomic mass is 10.1. The van der Waals surface area contributed by atoms with Gasteiger partial charge in [0.05, 0.1) is 12.5 Å². The quantitative estimate of drug-likeness (QED) is 0.399. The molecule has 0 heterocycles. The van der Waals surface area contributed by atoms with Gasteiger partial charge in [-0.2, -0.15) is 0 Å². The molecule has 0 aliphatic heterocycles. The molecule has 0 fully saturated rings. The van der Waals surface area contributed by atoms with E-state index in [1.807, 2.05) is 13.8 Å². The lowest BCUT2D eigenvalue weighted by Crippen LogP contribution is -2.09. The molecule has 0 radical (unpaired) electrons. The van der Waals surface area contributed by atoms with Crippen molar-refractivity contribution in [2.45, 2.75) is 39.5 Å². The molecule has 0 unspecified atom stereocenters. The fourth-order valence-corrected chi connectivity index (χ4v) is 1.88. The van der Waals surface area contributed by atoms with Crippen molar-refractivity contribution in [2.24, 2.45) is 5.92 Å². The number of ether oxygens (including phenoxy) is 1. The first-order chi connectivity index (χ1) is 7.22. The molecule has 15 heavy (non-hydrogen) atoms. The summed E-state index contributed by atoms with van der Waals surface area (Å²) in [6.07, 6.45) is 3.93. The van der Waals surface area contributed by atoms with Crippen LogP contribution in [0, 0.1) is 5.92 Å². The molecule has 0 aromatic carbocycles. The number of hydrogen-bond acceptors (Lipinski definition) is 3. The second-order valence-corrected chi connectivity index (χ2v) is 3.93. The number of carbonyl (C=O) groups is 1. The van der Waals surface area contributed by atoms with Crippen LogP contribution in [0.4, 0.5) is 0 Å². The average molecular weight is 212 g/mol. The van der Waals surface area contributed by atoms with Crippen molar-refractivity contribution in [1.82, 2.24) is 0 Å². The molecule has 1 aliphatic rings. The second-order valence-electron chi connectivity index (χ2n) is 3.93. The topological polar surface area (TPSA) is 46.5 Å². The molecule has 0 saturated heterocycles. The number of rotatable bonds is 7. The highest BCUT2D eigenvalue weighted by molar-refractivity contribution is 5.85. The Hall–Kier alpha value is -0.830. The van der Waals surface area contributed by atoms with E-state index < -0.39 is 0 Å². The standard InChI is InChI=1S/C12H20O3/c1-3-15-12(14)11-9(2)10(11)7-5-4-6-8-13/h11,13H,3-8H2,1-2H3/t11-/m1/s1. The van der Waals surface area contributed by atoms with Crippen LogP contribution in [0.15, 0.2) is 11.1 Å². The smallest absolute Gasteiger partial charge is 0.317 e. The van der Waals surface area contributed by atoms with Crippen molar-refractivity contribution in [3.63, 3.8) is 0 Å². The number of aliphatic hydroxyl groups is 1. The van der Waals surface area contributed by atoms with Gasteiger partial charge in [-0.15, -0.1) is 0 Å². The first-order valence-corrected chi connectivity index (χ1v) is 5.69. The van der Waals surface area contributed by atoms with Crippen molar-refractivity contribution in [3.05, 3.63) is 11.1 Å². The molecule has 1 N–H and O–H groups in total. The Bertz CT molecular complexity index is 256. The summed E-state index contributed by atoms with van der Waals surface area (Å²) >= 11 is 0. The van der Waals surface area contributed by atoms with Crippen LogP contribution in [-0.2, 0) is 9.53 Å². The minimum Gasteiger partial charge on any atom is -0.465 e. The highest BCUT2D eigenvalue weighted by atomic mass is 16.5. The molecule has 0 saturated carbocycles. The van der Waals surface area contributed by atoms with Gasteiger partial charge >= 0.3 is 5.97 Å². The Labute approximate surface area is 91.1 Å². The SMILES string of the molecule is CCOC(=O)[C@@H]1C(C)=C1CCCCCO. The van der Waals surface area contributed by atoms with E-state index in [-0.39, 0.29) is 18.5 Å². The predicted octanol–water partition coefficient (Wildman–Crippen LogP) is 2.05. The van der Waals surface area contributed by atoms with Gasteiger partial charge in [0.2, 0.25) is 0 Å². The van der Waals surface area contributed by atoms with Crippen molar-refractivity contribution in [2.75, 3.05) is 13.2 Å². The molecule has 0 amide bonds. The molecule has 0 spiro atoms. The molecule has 86 valence electrons. The molecule has 1 atom stereocenters. The van der Waals surface area contributed by atoms with E-state index in [1.54, 1.807) is 0 Å². The van der Waals surface area contributed by atoms with Crippen LogP contribution < -0.4 is 0 Å². The zero-order valence-corrected chi connectivity index (χ0v) is 9.58. The number of esters is 1. The number of hydrogen-bond donors (Lipinski definition) is 1. The van der Waals surface area contributed by atoms with E-state index in [4.69, 9.17) is 9.84 Å². The Morgan fingerprint density at radius 3 is 2.73 bits per heavy atom. The molecule has 0 bridgehead atoms. The highest BCUT2D eigenvalue weighted by Crippen LogP contribution is 2.43. The molecule has 0 aromatic rings. The van der Waals surface area contributed by atoms with Gasteiger partial charge in [-0.25, -0.2) is 0 Å². The Morgan fingerprint density at radius 1 is 1.40 bits per heavy atom. The van der Waals surface area contributed by atoms with Gasteiger partial charge in [0.25, 0.3) is 0 Å². The Kier molecular flexibility index (Phi) is 4.82. The minimum atomic E-state index is -0.0906. The third kappa shape index (κ3) is 3.34. The normalized spacial score (nSPS) is 19.3. The average Bonchev–Trinajstić information content (AvgIpc) is 2.85. The molecule has 0 aromatic heterocycles. The fourth-order valence-electron chi connectivity index (χ4n) is 1.88. The van der Waals surface area contributed by atoms with Gasteiger partial charge < -0.3 is 9.84 Å². The van der Waals surface area contributed by atoms with Gasteiger partial charge in [0, 0.05) is 6.61 Å². The molecule has 1 rings (SSSR count). The lowest BCUT2D eigenvalue weighted by molar-refractivity contribution is -0.144. The third-order valence-electron chi connectivity index (χ3n) is 2.83. The zero-order chi connectivity index (χ0) is 11.3. The van der Waals surface area contributed by atoms with Crippen LogP contribution >= 0.6 is 0 Å². The van der Waals surface area contributed by atoms with Gasteiger partial charge in [-0.05, 0) is 33.1 Å². The van der Waals surface area contributed by atoms with Crippen LogP contribution in [0.1, 0.15) is 39.5 Å². The summed E-state index contributed by atoms with van der Waals surface area (Å²) in [5.41, 5.74) is 2.45. The monoisotopic (exact) mass is 212 g/mol. The van der Waals surface area contributed by atoms with E-state index in [1.165, 1.54) is 11.1 Å². The first-order valence-electron chi connectivity index (χ1n) is 5.69. The van der Waals surface area contributed by atoms with Crippen molar-refractivity contribution in [3.8, 4) is 0 Å². The third-order valence-corrected chi connectivity index (χ3v) is 2.83. The maximum absolute atomic E-state index is 11.4. The predicted molar refractivity (Wildman–Crippen MR) is 58.4 cm³/mol. The van der Waals surface area contributed by atoms with Crippen molar-refractivity contribution >= 4 is 5.97 Å². The minimum absolute atomic E-state index is 0.0147. The van der Waals surface area contributed by atoms with E-state index in [0.29, 0.717) is 6.61 Å².